The molecule has 0 bridgehead atoms. The van der Waals surface area contributed by atoms with Crippen LogP contribution in [0.15, 0.2) is 0 Å². The minimum absolute atomic E-state index is 0.118. The number of likely N-dealkylation sites (tertiary alicyclic amines) is 1. The minimum atomic E-state index is -4.24. The molecule has 17 heavy (non-hydrogen) atoms. The van der Waals surface area contributed by atoms with Crippen molar-refractivity contribution in [2.75, 3.05) is 32.7 Å². The Labute approximate surface area is 99.6 Å². The predicted octanol–water partition coefficient (Wildman–Crippen LogP) is 1.88. The fraction of sp³-hybridized carbons (Fsp3) is 0.909. The number of hydrogen-bond acceptors (Lipinski definition) is 2. The summed E-state index contributed by atoms with van der Waals surface area (Å²) in [5, 5.41) is 0. The molecular formula is C11H19F3N2O. The second kappa shape index (κ2) is 6.23. The van der Waals surface area contributed by atoms with Crippen LogP contribution in [-0.4, -0.2) is 54.6 Å². The van der Waals surface area contributed by atoms with Gasteiger partial charge in [-0.25, -0.2) is 0 Å². The zero-order chi connectivity index (χ0) is 12.9. The van der Waals surface area contributed by atoms with Crippen molar-refractivity contribution in [1.29, 1.82) is 0 Å². The zero-order valence-electron chi connectivity index (χ0n) is 10.1. The largest absolute Gasteiger partial charge is 0.401 e. The maximum Gasteiger partial charge on any atom is 0.401 e. The third-order valence-electron chi connectivity index (χ3n) is 2.76. The van der Waals surface area contributed by atoms with Crippen molar-refractivity contribution in [3.8, 4) is 0 Å². The lowest BCUT2D eigenvalue weighted by molar-refractivity contribution is -0.151. The van der Waals surface area contributed by atoms with Crippen molar-refractivity contribution in [3.63, 3.8) is 0 Å². The first-order chi connectivity index (χ1) is 7.92. The quantitative estimate of drug-likeness (QED) is 0.746. The van der Waals surface area contributed by atoms with Crippen LogP contribution < -0.4 is 0 Å². The van der Waals surface area contributed by atoms with Crippen LogP contribution in [0.5, 0.6) is 0 Å². The van der Waals surface area contributed by atoms with Gasteiger partial charge in [-0.15, -0.1) is 0 Å². The fourth-order valence-electron chi connectivity index (χ4n) is 2.04. The Balaban J connectivity index is 2.44. The maximum atomic E-state index is 12.3. The van der Waals surface area contributed by atoms with Crippen LogP contribution in [0.25, 0.3) is 0 Å². The van der Waals surface area contributed by atoms with Crippen molar-refractivity contribution in [2.45, 2.75) is 32.4 Å². The van der Waals surface area contributed by atoms with E-state index < -0.39 is 12.7 Å². The molecule has 0 saturated carbocycles. The van der Waals surface area contributed by atoms with E-state index in [2.05, 4.69) is 0 Å². The summed E-state index contributed by atoms with van der Waals surface area (Å²) < 4.78 is 36.9. The zero-order valence-corrected chi connectivity index (χ0v) is 10.1. The monoisotopic (exact) mass is 252 g/mol. The van der Waals surface area contributed by atoms with Crippen molar-refractivity contribution < 1.29 is 18.0 Å². The highest BCUT2D eigenvalue weighted by atomic mass is 19.4. The summed E-state index contributed by atoms with van der Waals surface area (Å²) in [7, 11) is 0. The van der Waals surface area contributed by atoms with Gasteiger partial charge >= 0.3 is 6.18 Å². The Morgan fingerprint density at radius 3 is 2.35 bits per heavy atom. The van der Waals surface area contributed by atoms with Crippen LogP contribution in [0.1, 0.15) is 26.2 Å². The maximum absolute atomic E-state index is 12.3. The van der Waals surface area contributed by atoms with Gasteiger partial charge in [0.15, 0.2) is 0 Å². The Morgan fingerprint density at radius 2 is 1.88 bits per heavy atom. The van der Waals surface area contributed by atoms with Gasteiger partial charge in [-0.1, -0.05) is 6.92 Å². The lowest BCUT2D eigenvalue weighted by atomic mass is 10.3. The highest BCUT2D eigenvalue weighted by molar-refractivity contribution is 5.78. The van der Waals surface area contributed by atoms with Gasteiger partial charge in [0, 0.05) is 13.1 Å². The molecule has 1 saturated heterocycles. The van der Waals surface area contributed by atoms with E-state index in [1.807, 2.05) is 6.92 Å². The number of amides is 1. The van der Waals surface area contributed by atoms with E-state index in [4.69, 9.17) is 0 Å². The van der Waals surface area contributed by atoms with Gasteiger partial charge in [0.05, 0.1) is 13.1 Å². The molecular weight excluding hydrogens is 233 g/mol. The summed E-state index contributed by atoms with van der Waals surface area (Å²) in [4.78, 5) is 14.6. The van der Waals surface area contributed by atoms with Crippen molar-refractivity contribution in [1.82, 2.24) is 9.80 Å². The average Bonchev–Trinajstić information content (AvgIpc) is 2.67. The predicted molar refractivity (Wildman–Crippen MR) is 58.6 cm³/mol. The highest BCUT2D eigenvalue weighted by Gasteiger charge is 2.32. The van der Waals surface area contributed by atoms with Crippen LogP contribution in [0.2, 0.25) is 0 Å². The third-order valence-corrected chi connectivity index (χ3v) is 2.76. The van der Waals surface area contributed by atoms with Crippen LogP contribution in [0.3, 0.4) is 0 Å². The van der Waals surface area contributed by atoms with Gasteiger partial charge in [0.25, 0.3) is 0 Å². The van der Waals surface area contributed by atoms with E-state index in [1.165, 1.54) is 4.90 Å². The number of rotatable bonds is 5. The number of hydrogen-bond donors (Lipinski definition) is 0. The molecule has 0 unspecified atom stereocenters. The number of halogens is 3. The summed E-state index contributed by atoms with van der Waals surface area (Å²) in [6.07, 6.45) is -1.71. The minimum Gasteiger partial charge on any atom is -0.342 e. The van der Waals surface area contributed by atoms with E-state index in [1.54, 1.807) is 4.90 Å². The topological polar surface area (TPSA) is 23.6 Å². The lowest BCUT2D eigenvalue weighted by Gasteiger charge is -2.25. The molecule has 0 spiro atoms. The molecule has 6 heteroatoms. The number of carbonyl (C=O) groups is 1. The van der Waals surface area contributed by atoms with Gasteiger partial charge in [-0.05, 0) is 25.8 Å². The molecule has 1 fully saturated rings. The van der Waals surface area contributed by atoms with Crippen molar-refractivity contribution in [2.24, 2.45) is 0 Å². The third kappa shape index (κ3) is 5.39. The van der Waals surface area contributed by atoms with E-state index >= 15 is 0 Å². The fourth-order valence-corrected chi connectivity index (χ4v) is 2.04. The first kappa shape index (κ1) is 14.3. The smallest absolute Gasteiger partial charge is 0.342 e. The molecule has 0 aliphatic carbocycles. The Kier molecular flexibility index (Phi) is 5.24. The standard InChI is InChI=1S/C11H19F3N2O/c1-2-5-15(9-11(12,13)14)8-10(17)16-6-3-4-7-16/h2-9H2,1H3. The van der Waals surface area contributed by atoms with Gasteiger partial charge < -0.3 is 4.90 Å². The van der Waals surface area contributed by atoms with Crippen LogP contribution in [0, 0.1) is 0 Å². The van der Waals surface area contributed by atoms with E-state index in [-0.39, 0.29) is 12.5 Å². The molecule has 1 aliphatic heterocycles. The van der Waals surface area contributed by atoms with Crippen LogP contribution in [0.4, 0.5) is 13.2 Å². The molecule has 0 aromatic rings. The molecule has 1 rings (SSSR count). The highest BCUT2D eigenvalue weighted by Crippen LogP contribution is 2.17. The first-order valence-electron chi connectivity index (χ1n) is 5.99. The van der Waals surface area contributed by atoms with E-state index in [9.17, 15) is 18.0 Å². The molecule has 0 aromatic carbocycles. The van der Waals surface area contributed by atoms with Gasteiger partial charge in [0.2, 0.25) is 5.91 Å². The summed E-state index contributed by atoms with van der Waals surface area (Å²) >= 11 is 0. The van der Waals surface area contributed by atoms with E-state index in [0.717, 1.165) is 12.8 Å². The summed E-state index contributed by atoms with van der Waals surface area (Å²) in [6, 6.07) is 0. The summed E-state index contributed by atoms with van der Waals surface area (Å²) in [5.41, 5.74) is 0. The molecule has 1 amide bonds. The van der Waals surface area contributed by atoms with Gasteiger partial charge in [0.1, 0.15) is 0 Å². The first-order valence-corrected chi connectivity index (χ1v) is 5.99. The lowest BCUT2D eigenvalue weighted by Crippen LogP contribution is -2.43. The van der Waals surface area contributed by atoms with Crippen molar-refractivity contribution >= 4 is 5.91 Å². The molecule has 0 atom stereocenters. The second-order valence-electron chi connectivity index (χ2n) is 4.41. The SMILES string of the molecule is CCCN(CC(=O)N1CCCC1)CC(F)(F)F. The molecule has 0 aromatic heterocycles. The molecule has 1 heterocycles. The van der Waals surface area contributed by atoms with Crippen LogP contribution in [-0.2, 0) is 4.79 Å². The Hall–Kier alpha value is -0.780. The average molecular weight is 252 g/mol. The Bertz CT molecular complexity index is 250. The van der Waals surface area contributed by atoms with E-state index in [0.29, 0.717) is 26.1 Å². The molecule has 100 valence electrons. The Morgan fingerprint density at radius 1 is 1.29 bits per heavy atom. The second-order valence-corrected chi connectivity index (χ2v) is 4.41. The van der Waals surface area contributed by atoms with Crippen molar-refractivity contribution in [3.05, 3.63) is 0 Å². The van der Waals surface area contributed by atoms with Crippen LogP contribution >= 0.6 is 0 Å². The molecule has 0 radical (unpaired) electrons. The number of nitrogens with zero attached hydrogens (tertiary/aromatic N) is 2. The van der Waals surface area contributed by atoms with Gasteiger partial charge in [-0.3, -0.25) is 9.69 Å². The number of alkyl halides is 3. The summed E-state index contributed by atoms with van der Waals surface area (Å²) in [5.74, 6) is -0.180. The van der Waals surface area contributed by atoms with Gasteiger partial charge in [-0.2, -0.15) is 13.2 Å². The summed E-state index contributed by atoms with van der Waals surface area (Å²) in [6.45, 7) is 2.37. The molecule has 1 aliphatic rings. The normalized spacial score (nSPS) is 16.9. The number of carbonyl (C=O) groups excluding carboxylic acids is 1. The molecule has 3 nitrogen and oxygen atoms in total. The molecule has 0 N–H and O–H groups in total.